The lowest BCUT2D eigenvalue weighted by Crippen LogP contribution is -2.05. The molecular formula is C36H20N8. The fourth-order valence-corrected chi connectivity index (χ4v) is 6.67. The minimum absolute atomic E-state index is 0.540. The Kier molecular flexibility index (Phi) is 4.57. The predicted octanol–water partition coefficient (Wildman–Crippen LogP) is 7.71. The van der Waals surface area contributed by atoms with Gasteiger partial charge in [-0.2, -0.15) is 0 Å². The van der Waals surface area contributed by atoms with Crippen molar-refractivity contribution < 1.29 is 0 Å². The fourth-order valence-electron chi connectivity index (χ4n) is 6.67. The molecule has 6 aromatic heterocycles. The zero-order chi connectivity index (χ0) is 28.8. The molecule has 6 heterocycles. The zero-order valence-electron chi connectivity index (χ0n) is 23.1. The van der Waals surface area contributed by atoms with Crippen LogP contribution in [0.15, 0.2) is 122 Å². The highest BCUT2D eigenvalue weighted by atomic mass is 15.2. The standard InChI is InChI=1S/C36H20N8/c1-2-10-22-21(9-1)27-19-39-35(43-29-15-5-3-11-23(29)25-13-7-17-37-33(25)43)41-31(27)32-28(22)20-40-36(42-32)44-30-16-6-4-12-24(30)26-14-8-18-38-34(26)44/h1-20H. The third kappa shape index (κ3) is 3.06. The summed E-state index contributed by atoms with van der Waals surface area (Å²) in [5.74, 6) is 1.08. The first-order valence-corrected chi connectivity index (χ1v) is 14.4. The maximum Gasteiger partial charge on any atom is 0.236 e. The van der Waals surface area contributed by atoms with E-state index in [1.165, 1.54) is 0 Å². The molecule has 8 nitrogen and oxygen atoms in total. The highest BCUT2D eigenvalue weighted by Gasteiger charge is 2.20. The van der Waals surface area contributed by atoms with Crippen molar-refractivity contribution in [2.75, 3.05) is 0 Å². The minimum Gasteiger partial charge on any atom is -0.262 e. The number of hydrogen-bond acceptors (Lipinski definition) is 6. The molecule has 0 fully saturated rings. The molecule has 10 rings (SSSR count). The molecule has 0 aliphatic carbocycles. The third-order valence-corrected chi connectivity index (χ3v) is 8.55. The van der Waals surface area contributed by atoms with Gasteiger partial charge in [0, 0.05) is 57.1 Å². The summed E-state index contributed by atoms with van der Waals surface area (Å²) in [6.45, 7) is 0. The number of para-hydroxylation sites is 2. The Labute approximate surface area is 248 Å². The molecule has 0 saturated heterocycles. The molecular weight excluding hydrogens is 544 g/mol. The van der Waals surface area contributed by atoms with Gasteiger partial charge >= 0.3 is 0 Å². The lowest BCUT2D eigenvalue weighted by Gasteiger charge is -2.12. The molecule has 0 unspecified atom stereocenters. The monoisotopic (exact) mass is 564 g/mol. The Hall–Kier alpha value is -6.28. The second-order valence-electron chi connectivity index (χ2n) is 10.9. The van der Waals surface area contributed by atoms with Gasteiger partial charge in [0.05, 0.1) is 11.0 Å². The van der Waals surface area contributed by atoms with E-state index >= 15 is 0 Å². The van der Waals surface area contributed by atoms with Crippen molar-refractivity contribution >= 4 is 76.5 Å². The Morgan fingerprint density at radius 3 is 1.25 bits per heavy atom. The van der Waals surface area contributed by atoms with E-state index in [2.05, 4.69) is 48.5 Å². The van der Waals surface area contributed by atoms with Crippen molar-refractivity contribution in [3.8, 4) is 11.9 Å². The predicted molar refractivity (Wildman–Crippen MR) is 174 cm³/mol. The van der Waals surface area contributed by atoms with Gasteiger partial charge in [-0.1, -0.05) is 60.7 Å². The maximum absolute atomic E-state index is 5.24. The number of rotatable bonds is 2. The Balaban J connectivity index is 1.33. The summed E-state index contributed by atoms with van der Waals surface area (Å²) in [7, 11) is 0. The quantitative estimate of drug-likeness (QED) is 0.200. The van der Waals surface area contributed by atoms with Gasteiger partial charge in [-0.3, -0.25) is 9.13 Å². The third-order valence-electron chi connectivity index (χ3n) is 8.55. The molecule has 0 atom stereocenters. The molecule has 0 aliphatic heterocycles. The summed E-state index contributed by atoms with van der Waals surface area (Å²) in [5.41, 5.74) is 5.12. The van der Waals surface area contributed by atoms with Crippen LogP contribution in [0, 0.1) is 0 Å². The van der Waals surface area contributed by atoms with Crippen molar-refractivity contribution in [3.63, 3.8) is 0 Å². The van der Waals surface area contributed by atoms with Crippen molar-refractivity contribution in [2.45, 2.75) is 0 Å². The van der Waals surface area contributed by atoms with Gasteiger partial charge in [0.25, 0.3) is 0 Å². The minimum atomic E-state index is 0.540. The average Bonchev–Trinajstić information content (AvgIpc) is 3.61. The van der Waals surface area contributed by atoms with Crippen LogP contribution in [0.1, 0.15) is 0 Å². The van der Waals surface area contributed by atoms with Crippen molar-refractivity contribution in [1.82, 2.24) is 39.0 Å². The summed E-state index contributed by atoms with van der Waals surface area (Å²) < 4.78 is 4.06. The van der Waals surface area contributed by atoms with Gasteiger partial charge in [-0.05, 0) is 47.2 Å². The SMILES string of the molecule is c1ccc2c(c1)c1cnc(-n3c4ccccc4c4cccnc43)nc1c1nc(-n3c4ccccc4c4cccnc43)ncc21. The normalized spacial score (nSPS) is 12.1. The number of fused-ring (bicyclic) bond motifs is 12. The van der Waals surface area contributed by atoms with Crippen LogP contribution in [0.4, 0.5) is 0 Å². The van der Waals surface area contributed by atoms with E-state index in [1.807, 2.05) is 70.1 Å². The lowest BCUT2D eigenvalue weighted by atomic mass is 10.0. The van der Waals surface area contributed by atoms with E-state index in [9.17, 15) is 0 Å². The fraction of sp³-hybridized carbons (Fsp3) is 0. The van der Waals surface area contributed by atoms with Crippen LogP contribution in [-0.2, 0) is 0 Å². The van der Waals surface area contributed by atoms with Crippen LogP contribution in [-0.4, -0.2) is 39.0 Å². The largest absolute Gasteiger partial charge is 0.262 e. The summed E-state index contributed by atoms with van der Waals surface area (Å²) >= 11 is 0. The van der Waals surface area contributed by atoms with E-state index in [1.54, 1.807) is 12.4 Å². The molecule has 0 N–H and O–H groups in total. The van der Waals surface area contributed by atoms with E-state index in [4.69, 9.17) is 29.9 Å². The topological polar surface area (TPSA) is 87.2 Å². The molecule has 0 spiro atoms. The van der Waals surface area contributed by atoms with Gasteiger partial charge < -0.3 is 0 Å². The molecule has 4 aromatic carbocycles. The van der Waals surface area contributed by atoms with Crippen molar-refractivity contribution in [3.05, 3.63) is 122 Å². The van der Waals surface area contributed by atoms with E-state index in [-0.39, 0.29) is 0 Å². The van der Waals surface area contributed by atoms with Crippen LogP contribution >= 0.6 is 0 Å². The number of aromatic nitrogens is 8. The highest BCUT2D eigenvalue weighted by molar-refractivity contribution is 6.23. The molecule has 8 heteroatoms. The number of benzene rings is 4. The van der Waals surface area contributed by atoms with E-state index < -0.39 is 0 Å². The van der Waals surface area contributed by atoms with E-state index in [0.717, 1.165) is 76.5 Å². The highest BCUT2D eigenvalue weighted by Crippen LogP contribution is 2.36. The molecule has 0 amide bonds. The van der Waals surface area contributed by atoms with E-state index in [0.29, 0.717) is 11.9 Å². The van der Waals surface area contributed by atoms with Gasteiger partial charge in [0.15, 0.2) is 0 Å². The second kappa shape index (κ2) is 8.62. The molecule has 0 radical (unpaired) electrons. The maximum atomic E-state index is 5.24. The molecule has 0 aliphatic rings. The zero-order valence-corrected chi connectivity index (χ0v) is 23.1. The second-order valence-corrected chi connectivity index (χ2v) is 10.9. The van der Waals surface area contributed by atoms with Gasteiger partial charge in [0.2, 0.25) is 11.9 Å². The summed E-state index contributed by atoms with van der Waals surface area (Å²) in [6.07, 6.45) is 7.43. The van der Waals surface area contributed by atoms with Crippen molar-refractivity contribution in [2.24, 2.45) is 0 Å². The molecule has 0 bridgehead atoms. The van der Waals surface area contributed by atoms with Crippen LogP contribution in [0.2, 0.25) is 0 Å². The van der Waals surface area contributed by atoms with Crippen LogP contribution in [0.3, 0.4) is 0 Å². The van der Waals surface area contributed by atoms with Crippen LogP contribution in [0.25, 0.3) is 88.3 Å². The average molecular weight is 565 g/mol. The van der Waals surface area contributed by atoms with Crippen LogP contribution < -0.4 is 0 Å². The lowest BCUT2D eigenvalue weighted by molar-refractivity contribution is 0.986. The number of pyridine rings is 2. The first-order valence-electron chi connectivity index (χ1n) is 14.4. The Morgan fingerprint density at radius 2 is 0.773 bits per heavy atom. The first-order chi connectivity index (χ1) is 21.8. The number of nitrogens with zero attached hydrogens (tertiary/aromatic N) is 8. The summed E-state index contributed by atoms with van der Waals surface area (Å²) in [5, 5.41) is 8.27. The van der Waals surface area contributed by atoms with Gasteiger partial charge in [-0.15, -0.1) is 0 Å². The summed E-state index contributed by atoms with van der Waals surface area (Å²) in [4.78, 5) is 29.8. The number of hydrogen-bond donors (Lipinski definition) is 0. The van der Waals surface area contributed by atoms with Crippen molar-refractivity contribution in [1.29, 1.82) is 0 Å². The molecule has 204 valence electrons. The molecule has 10 aromatic rings. The summed E-state index contributed by atoms with van der Waals surface area (Å²) in [6, 6.07) is 32.9. The molecule has 44 heavy (non-hydrogen) atoms. The van der Waals surface area contributed by atoms with Gasteiger partial charge in [-0.25, -0.2) is 29.9 Å². The van der Waals surface area contributed by atoms with Crippen LogP contribution in [0.5, 0.6) is 0 Å². The Morgan fingerprint density at radius 1 is 0.364 bits per heavy atom. The Bertz CT molecular complexity index is 2500. The molecule has 0 saturated carbocycles. The first kappa shape index (κ1) is 23.3. The van der Waals surface area contributed by atoms with Gasteiger partial charge in [0.1, 0.15) is 22.3 Å². The smallest absolute Gasteiger partial charge is 0.236 e.